The lowest BCUT2D eigenvalue weighted by molar-refractivity contribution is -0.121. The molecule has 1 saturated heterocycles. The largest absolute Gasteiger partial charge is 0.353 e. The van der Waals surface area contributed by atoms with Gasteiger partial charge in [-0.25, -0.2) is 4.98 Å². The molecular formula is C20H24N4O2S2. The summed E-state index contributed by atoms with van der Waals surface area (Å²) >= 11 is 3.06. The van der Waals surface area contributed by atoms with Crippen molar-refractivity contribution >= 4 is 38.8 Å². The highest BCUT2D eigenvalue weighted by molar-refractivity contribution is 7.18. The highest BCUT2D eigenvalue weighted by Gasteiger charge is 2.17. The summed E-state index contributed by atoms with van der Waals surface area (Å²) in [5, 5.41) is 7.50. The van der Waals surface area contributed by atoms with E-state index in [-0.39, 0.29) is 18.0 Å². The number of carbonyl (C=O) groups excluding carboxylic acids is 1. The summed E-state index contributed by atoms with van der Waals surface area (Å²) in [4.78, 5) is 33.8. The maximum Gasteiger partial charge on any atom is 0.263 e. The van der Waals surface area contributed by atoms with Crippen molar-refractivity contribution in [3.05, 3.63) is 39.6 Å². The number of fused-ring (bicyclic) bond motifs is 1. The maximum atomic E-state index is 12.9. The zero-order valence-electron chi connectivity index (χ0n) is 15.9. The van der Waals surface area contributed by atoms with Crippen LogP contribution in [-0.4, -0.2) is 46.5 Å². The predicted molar refractivity (Wildman–Crippen MR) is 115 cm³/mol. The van der Waals surface area contributed by atoms with Crippen LogP contribution >= 0.6 is 22.7 Å². The SMILES string of the molecule is CC1CCCN(CCNC(=O)Cn2cnc3scc(-c4cccs4)c3c2=O)C1. The topological polar surface area (TPSA) is 67.2 Å². The van der Waals surface area contributed by atoms with Gasteiger partial charge < -0.3 is 10.2 Å². The molecule has 0 radical (unpaired) electrons. The van der Waals surface area contributed by atoms with E-state index in [2.05, 4.69) is 22.1 Å². The van der Waals surface area contributed by atoms with Crippen molar-refractivity contribution in [3.8, 4) is 10.4 Å². The first-order chi connectivity index (χ1) is 13.6. The van der Waals surface area contributed by atoms with E-state index in [1.165, 1.54) is 35.1 Å². The second-order valence-corrected chi connectivity index (χ2v) is 9.19. The number of nitrogens with zero attached hydrogens (tertiary/aromatic N) is 3. The molecular weight excluding hydrogens is 392 g/mol. The smallest absolute Gasteiger partial charge is 0.263 e. The molecule has 6 nitrogen and oxygen atoms in total. The van der Waals surface area contributed by atoms with Crippen molar-refractivity contribution < 1.29 is 4.79 Å². The van der Waals surface area contributed by atoms with E-state index in [0.29, 0.717) is 16.8 Å². The molecule has 1 unspecified atom stereocenters. The highest BCUT2D eigenvalue weighted by atomic mass is 32.1. The fraction of sp³-hybridized carbons (Fsp3) is 0.450. The number of hydrogen-bond donors (Lipinski definition) is 1. The molecule has 1 N–H and O–H groups in total. The van der Waals surface area contributed by atoms with Crippen LogP contribution in [0.1, 0.15) is 19.8 Å². The summed E-state index contributed by atoms with van der Waals surface area (Å²) in [7, 11) is 0. The van der Waals surface area contributed by atoms with Crippen LogP contribution in [0.5, 0.6) is 0 Å². The van der Waals surface area contributed by atoms with Crippen LogP contribution in [0.2, 0.25) is 0 Å². The number of hydrogen-bond acceptors (Lipinski definition) is 6. The Morgan fingerprint density at radius 1 is 1.39 bits per heavy atom. The van der Waals surface area contributed by atoms with Crippen molar-refractivity contribution in [2.24, 2.45) is 5.92 Å². The van der Waals surface area contributed by atoms with Crippen LogP contribution in [0.15, 0.2) is 34.0 Å². The van der Waals surface area contributed by atoms with Gasteiger partial charge in [0.2, 0.25) is 5.91 Å². The van der Waals surface area contributed by atoms with Gasteiger partial charge in [0.25, 0.3) is 5.56 Å². The molecule has 148 valence electrons. The minimum absolute atomic E-state index is 0.00208. The first-order valence-corrected chi connectivity index (χ1v) is 11.4. The number of amides is 1. The molecule has 1 atom stereocenters. The molecule has 4 heterocycles. The molecule has 28 heavy (non-hydrogen) atoms. The number of rotatable bonds is 6. The van der Waals surface area contributed by atoms with Crippen LogP contribution in [0.4, 0.5) is 0 Å². The Morgan fingerprint density at radius 3 is 3.07 bits per heavy atom. The van der Waals surface area contributed by atoms with Gasteiger partial charge in [-0.15, -0.1) is 22.7 Å². The molecule has 0 aromatic carbocycles. The molecule has 4 rings (SSSR count). The average molecular weight is 417 g/mol. The molecule has 0 saturated carbocycles. The summed E-state index contributed by atoms with van der Waals surface area (Å²) in [5.41, 5.74) is 0.746. The minimum Gasteiger partial charge on any atom is -0.353 e. The third kappa shape index (κ3) is 4.19. The Balaban J connectivity index is 1.41. The molecule has 0 aliphatic carbocycles. The molecule has 8 heteroatoms. The van der Waals surface area contributed by atoms with Gasteiger partial charge >= 0.3 is 0 Å². The Morgan fingerprint density at radius 2 is 2.29 bits per heavy atom. The molecule has 3 aromatic rings. The highest BCUT2D eigenvalue weighted by Crippen LogP contribution is 2.33. The standard InChI is InChI=1S/C20H24N4O2S2/c1-14-4-2-7-23(10-14)8-6-21-17(25)11-24-13-22-19-18(20(24)26)15(12-28-19)16-5-3-9-27-16/h3,5,9,12-14H,2,4,6-8,10-11H2,1H3,(H,21,25). The van der Waals surface area contributed by atoms with Crippen LogP contribution < -0.4 is 10.9 Å². The molecule has 1 fully saturated rings. The van der Waals surface area contributed by atoms with E-state index in [1.807, 2.05) is 22.9 Å². The number of likely N-dealkylation sites (tertiary alicyclic amines) is 1. The lowest BCUT2D eigenvalue weighted by Crippen LogP contribution is -2.41. The van der Waals surface area contributed by atoms with Gasteiger partial charge in [-0.2, -0.15) is 0 Å². The van der Waals surface area contributed by atoms with Crippen LogP contribution in [-0.2, 0) is 11.3 Å². The molecule has 1 aliphatic heterocycles. The summed E-state index contributed by atoms with van der Waals surface area (Å²) < 4.78 is 1.41. The van der Waals surface area contributed by atoms with Gasteiger partial charge in [0.15, 0.2) is 0 Å². The van der Waals surface area contributed by atoms with Crippen molar-refractivity contribution in [1.29, 1.82) is 0 Å². The zero-order valence-corrected chi connectivity index (χ0v) is 17.5. The molecule has 1 aliphatic rings. The molecule has 0 bridgehead atoms. The fourth-order valence-electron chi connectivity index (χ4n) is 3.75. The minimum atomic E-state index is -0.158. The predicted octanol–water partition coefficient (Wildman–Crippen LogP) is 3.03. The van der Waals surface area contributed by atoms with Gasteiger partial charge in [-0.05, 0) is 36.8 Å². The van der Waals surface area contributed by atoms with Gasteiger partial charge in [-0.3, -0.25) is 14.2 Å². The average Bonchev–Trinajstić information content (AvgIpc) is 3.33. The Hall–Kier alpha value is -2.03. The van der Waals surface area contributed by atoms with Crippen molar-refractivity contribution in [3.63, 3.8) is 0 Å². The van der Waals surface area contributed by atoms with E-state index in [9.17, 15) is 9.59 Å². The lowest BCUT2D eigenvalue weighted by Gasteiger charge is -2.30. The first kappa shape index (κ1) is 19.3. The summed E-state index contributed by atoms with van der Waals surface area (Å²) in [6.07, 6.45) is 3.99. The Kier molecular flexibility index (Phi) is 5.89. The third-order valence-corrected chi connectivity index (χ3v) is 6.94. The Bertz CT molecular complexity index is 1010. The van der Waals surface area contributed by atoms with E-state index in [4.69, 9.17) is 0 Å². The lowest BCUT2D eigenvalue weighted by atomic mass is 10.0. The quantitative estimate of drug-likeness (QED) is 0.671. The van der Waals surface area contributed by atoms with Gasteiger partial charge in [0, 0.05) is 35.5 Å². The van der Waals surface area contributed by atoms with E-state index in [0.717, 1.165) is 36.0 Å². The molecule has 0 spiro atoms. The van der Waals surface area contributed by atoms with Crippen LogP contribution in [0.25, 0.3) is 20.7 Å². The monoisotopic (exact) mass is 416 g/mol. The number of carbonyl (C=O) groups is 1. The number of piperidine rings is 1. The summed E-state index contributed by atoms with van der Waals surface area (Å²) in [5.74, 6) is 0.574. The normalized spacial score (nSPS) is 17.8. The number of aromatic nitrogens is 2. The third-order valence-electron chi connectivity index (χ3n) is 5.15. The van der Waals surface area contributed by atoms with Crippen molar-refractivity contribution in [1.82, 2.24) is 19.8 Å². The number of nitrogens with one attached hydrogen (secondary N) is 1. The summed E-state index contributed by atoms with van der Waals surface area (Å²) in [6.45, 7) is 5.93. The zero-order chi connectivity index (χ0) is 19.5. The first-order valence-electron chi connectivity index (χ1n) is 9.61. The van der Waals surface area contributed by atoms with Gasteiger partial charge in [-0.1, -0.05) is 13.0 Å². The fourth-order valence-corrected chi connectivity index (χ4v) is 5.47. The maximum absolute atomic E-state index is 12.9. The Labute approximate surface area is 171 Å². The second-order valence-electron chi connectivity index (χ2n) is 7.38. The summed E-state index contributed by atoms with van der Waals surface area (Å²) in [6, 6.07) is 3.96. The van der Waals surface area contributed by atoms with Crippen LogP contribution in [0, 0.1) is 5.92 Å². The van der Waals surface area contributed by atoms with E-state index in [1.54, 1.807) is 11.3 Å². The van der Waals surface area contributed by atoms with Crippen LogP contribution in [0.3, 0.4) is 0 Å². The van der Waals surface area contributed by atoms with Gasteiger partial charge in [0.1, 0.15) is 11.4 Å². The van der Waals surface area contributed by atoms with Crippen molar-refractivity contribution in [2.75, 3.05) is 26.2 Å². The number of thiophene rings is 2. The second kappa shape index (κ2) is 8.55. The molecule has 3 aromatic heterocycles. The van der Waals surface area contributed by atoms with E-state index >= 15 is 0 Å². The molecule has 1 amide bonds. The van der Waals surface area contributed by atoms with Gasteiger partial charge in [0.05, 0.1) is 11.7 Å². The van der Waals surface area contributed by atoms with E-state index < -0.39 is 0 Å². The van der Waals surface area contributed by atoms with Crippen molar-refractivity contribution in [2.45, 2.75) is 26.3 Å².